The zero-order valence-electron chi connectivity index (χ0n) is 8.23. The number of rotatable bonds is 2. The summed E-state index contributed by atoms with van der Waals surface area (Å²) in [6, 6.07) is 2.23. The first-order chi connectivity index (χ1) is 6.91. The van der Waals surface area contributed by atoms with Crippen LogP contribution in [0.15, 0.2) is 12.1 Å². The van der Waals surface area contributed by atoms with E-state index in [4.69, 9.17) is 11.6 Å². The largest absolute Gasteiger partial charge is 0.325 e. The molecular weight excluding hydrogens is 221 g/mol. The Balaban J connectivity index is 3.19. The first-order valence-electron chi connectivity index (χ1n) is 4.19. The van der Waals surface area contributed by atoms with Crippen LogP contribution in [-0.2, 0) is 4.79 Å². The topological polar surface area (TPSA) is 46.2 Å². The van der Waals surface area contributed by atoms with Crippen molar-refractivity contribution in [3.8, 4) is 0 Å². The molecule has 1 aromatic rings. The molecule has 5 heteroatoms. The zero-order chi connectivity index (χ0) is 11.6. The molecule has 3 nitrogen and oxygen atoms in total. The average molecular weight is 230 g/mol. The van der Waals surface area contributed by atoms with E-state index in [0.29, 0.717) is 0 Å². The number of halogens is 2. The number of hydrogen-bond donors (Lipinski definition) is 1. The number of nitrogens with one attached hydrogen (secondary N) is 1. The fraction of sp³-hybridized carbons (Fsp3) is 0.200. The highest BCUT2D eigenvalue weighted by Gasteiger charge is 2.12. The summed E-state index contributed by atoms with van der Waals surface area (Å²) >= 11 is 5.76. The number of amides is 1. The Hall–Kier alpha value is -1.42. The lowest BCUT2D eigenvalue weighted by molar-refractivity contribution is -0.114. The molecule has 0 aliphatic rings. The summed E-state index contributed by atoms with van der Waals surface area (Å²) in [6.45, 7) is 2.53. The Bertz CT molecular complexity index is 432. The minimum Gasteiger partial charge on any atom is -0.325 e. The first-order valence-corrected chi connectivity index (χ1v) is 4.57. The first kappa shape index (κ1) is 11.7. The maximum Gasteiger partial charge on any atom is 0.221 e. The maximum atomic E-state index is 13.3. The quantitative estimate of drug-likeness (QED) is 0.793. The summed E-state index contributed by atoms with van der Waals surface area (Å²) in [6.07, 6.45) is 0. The third kappa shape index (κ3) is 2.76. The smallest absolute Gasteiger partial charge is 0.221 e. The molecule has 1 N–H and O–H groups in total. The van der Waals surface area contributed by atoms with Crippen LogP contribution in [0.2, 0.25) is 5.02 Å². The Kier molecular flexibility index (Phi) is 3.42. The second kappa shape index (κ2) is 4.40. The third-order valence-corrected chi connectivity index (χ3v) is 2.06. The van der Waals surface area contributed by atoms with Gasteiger partial charge in [-0.25, -0.2) is 4.39 Å². The number of carbonyl (C=O) groups is 2. The van der Waals surface area contributed by atoms with Crippen LogP contribution < -0.4 is 5.32 Å². The highest BCUT2D eigenvalue weighted by Crippen LogP contribution is 2.25. The fourth-order valence-electron chi connectivity index (χ4n) is 1.10. The molecule has 1 aromatic carbocycles. The summed E-state index contributed by atoms with van der Waals surface area (Å²) in [5.41, 5.74) is 0.0702. The van der Waals surface area contributed by atoms with Crippen LogP contribution in [0.4, 0.5) is 10.1 Å². The number of ketones is 1. The molecule has 0 spiro atoms. The summed E-state index contributed by atoms with van der Waals surface area (Å²) in [5, 5.41) is 2.49. The van der Waals surface area contributed by atoms with Crippen molar-refractivity contribution in [3.05, 3.63) is 28.5 Å². The van der Waals surface area contributed by atoms with E-state index in [1.54, 1.807) is 0 Å². The molecule has 0 aliphatic heterocycles. The van der Waals surface area contributed by atoms with Gasteiger partial charge in [-0.1, -0.05) is 11.6 Å². The fourth-order valence-corrected chi connectivity index (χ4v) is 1.31. The lowest BCUT2D eigenvalue weighted by atomic mass is 10.1. The number of hydrogen-bond acceptors (Lipinski definition) is 2. The van der Waals surface area contributed by atoms with Crippen molar-refractivity contribution < 1.29 is 14.0 Å². The van der Waals surface area contributed by atoms with E-state index in [0.717, 1.165) is 6.07 Å². The second-order valence-electron chi connectivity index (χ2n) is 3.05. The summed E-state index contributed by atoms with van der Waals surface area (Å²) < 4.78 is 13.3. The molecule has 0 saturated carbocycles. The van der Waals surface area contributed by atoms with E-state index in [1.807, 2.05) is 0 Å². The van der Waals surface area contributed by atoms with E-state index in [2.05, 4.69) is 5.32 Å². The highest BCUT2D eigenvalue weighted by molar-refractivity contribution is 6.34. The van der Waals surface area contributed by atoms with E-state index in [9.17, 15) is 14.0 Å². The van der Waals surface area contributed by atoms with E-state index >= 15 is 0 Å². The predicted octanol–water partition coefficient (Wildman–Crippen LogP) is 2.64. The van der Waals surface area contributed by atoms with Crippen molar-refractivity contribution in [2.45, 2.75) is 13.8 Å². The van der Waals surface area contributed by atoms with Crippen LogP contribution >= 0.6 is 11.6 Å². The molecule has 1 rings (SSSR count). The molecule has 0 saturated heterocycles. The molecular formula is C10H9ClFNO2. The molecule has 80 valence electrons. The van der Waals surface area contributed by atoms with Gasteiger partial charge < -0.3 is 5.32 Å². The number of carbonyl (C=O) groups excluding carboxylic acids is 2. The molecule has 0 atom stereocenters. The molecule has 0 radical (unpaired) electrons. The second-order valence-corrected chi connectivity index (χ2v) is 3.46. The molecule has 0 heterocycles. The Labute approximate surface area is 91.2 Å². The van der Waals surface area contributed by atoms with Crippen molar-refractivity contribution in [1.29, 1.82) is 0 Å². The van der Waals surface area contributed by atoms with Gasteiger partial charge in [0.15, 0.2) is 5.78 Å². The molecule has 0 aliphatic carbocycles. The van der Waals surface area contributed by atoms with Crippen molar-refractivity contribution in [1.82, 2.24) is 0 Å². The van der Waals surface area contributed by atoms with Crippen LogP contribution in [0.5, 0.6) is 0 Å². The van der Waals surface area contributed by atoms with Crippen LogP contribution in [0.3, 0.4) is 0 Å². The van der Waals surface area contributed by atoms with Crippen molar-refractivity contribution in [2.24, 2.45) is 0 Å². The lowest BCUT2D eigenvalue weighted by Gasteiger charge is -2.07. The van der Waals surface area contributed by atoms with Gasteiger partial charge in [0.25, 0.3) is 0 Å². The van der Waals surface area contributed by atoms with E-state index in [-0.39, 0.29) is 22.2 Å². The van der Waals surface area contributed by atoms with E-state index in [1.165, 1.54) is 19.9 Å². The van der Waals surface area contributed by atoms with Gasteiger partial charge in [-0.15, -0.1) is 0 Å². The Morgan fingerprint density at radius 2 is 1.93 bits per heavy atom. The number of benzene rings is 1. The van der Waals surface area contributed by atoms with Gasteiger partial charge in [-0.2, -0.15) is 0 Å². The van der Waals surface area contributed by atoms with Crippen LogP contribution in [0.1, 0.15) is 24.2 Å². The predicted molar refractivity (Wildman–Crippen MR) is 55.7 cm³/mol. The van der Waals surface area contributed by atoms with Crippen LogP contribution in [0.25, 0.3) is 0 Å². The third-order valence-electron chi connectivity index (χ3n) is 1.75. The standard InChI is InChI=1S/C10H9ClFNO2/c1-5(14)7-3-8(11)10(4-9(7)12)13-6(2)15/h3-4H,1-2H3,(H,13,15). The van der Waals surface area contributed by atoms with Gasteiger partial charge in [-0.3, -0.25) is 9.59 Å². The molecule has 0 unspecified atom stereocenters. The lowest BCUT2D eigenvalue weighted by Crippen LogP contribution is -2.08. The molecule has 1 amide bonds. The summed E-state index contributed by atoms with van der Waals surface area (Å²) in [5.74, 6) is -1.47. The minimum absolute atomic E-state index is 0.0888. The van der Waals surface area contributed by atoms with Gasteiger partial charge in [-0.05, 0) is 19.1 Å². The van der Waals surface area contributed by atoms with Crippen molar-refractivity contribution in [2.75, 3.05) is 5.32 Å². The van der Waals surface area contributed by atoms with Gasteiger partial charge in [0.1, 0.15) is 5.82 Å². The Morgan fingerprint density at radius 1 is 1.33 bits per heavy atom. The molecule has 15 heavy (non-hydrogen) atoms. The molecule has 0 fully saturated rings. The van der Waals surface area contributed by atoms with Gasteiger partial charge in [0.05, 0.1) is 16.3 Å². The SMILES string of the molecule is CC(=O)Nc1cc(F)c(C(C)=O)cc1Cl. The average Bonchev–Trinajstić information content (AvgIpc) is 2.09. The Morgan fingerprint density at radius 3 is 2.40 bits per heavy atom. The monoisotopic (exact) mass is 229 g/mol. The summed E-state index contributed by atoms with van der Waals surface area (Å²) in [7, 11) is 0. The number of Topliss-reactive ketones (excluding diaryl/α,β-unsaturated/α-hetero) is 1. The van der Waals surface area contributed by atoms with E-state index < -0.39 is 11.6 Å². The van der Waals surface area contributed by atoms with Crippen molar-refractivity contribution in [3.63, 3.8) is 0 Å². The normalized spacial score (nSPS) is 9.87. The van der Waals surface area contributed by atoms with Gasteiger partial charge >= 0.3 is 0 Å². The minimum atomic E-state index is -0.698. The number of anilines is 1. The highest BCUT2D eigenvalue weighted by atomic mass is 35.5. The maximum absolute atomic E-state index is 13.3. The van der Waals surface area contributed by atoms with Gasteiger partial charge in [0, 0.05) is 6.92 Å². The van der Waals surface area contributed by atoms with Crippen LogP contribution in [-0.4, -0.2) is 11.7 Å². The van der Waals surface area contributed by atoms with Crippen molar-refractivity contribution >= 4 is 29.0 Å². The molecule has 0 aromatic heterocycles. The van der Waals surface area contributed by atoms with Crippen LogP contribution in [0, 0.1) is 5.82 Å². The van der Waals surface area contributed by atoms with Gasteiger partial charge in [0.2, 0.25) is 5.91 Å². The molecule has 0 bridgehead atoms. The zero-order valence-corrected chi connectivity index (χ0v) is 8.98. The summed E-state index contributed by atoms with van der Waals surface area (Å²) in [4.78, 5) is 21.7.